The SMILES string of the molecule is CCC/C=C\CCCCCCCC(=O)OC(COC(=O)CCCCCCCCCCCCCCCCCC)COP(=O)(O)OC1C(O)C(O)C(O)C(O)C1O. The summed E-state index contributed by atoms with van der Waals surface area (Å²) in [5, 5.41) is 50.0. The lowest BCUT2D eigenvalue weighted by Gasteiger charge is -2.41. The standard InChI is InChI=1S/C41H77O13P/c1-3-5-7-9-11-13-15-16-17-18-19-20-22-23-25-27-29-34(42)51-31-33(53-35(43)30-28-26-24-21-14-12-10-8-6-4-2)32-52-55(49,50)54-41-39(47)37(45)36(44)38(46)40(41)48/h8,10,33,36-41,44-48H,3-7,9,11-32H2,1-2H3,(H,49,50)/b10-8-. The minimum absolute atomic E-state index is 0.0892. The lowest BCUT2D eigenvalue weighted by molar-refractivity contribution is -0.220. The second-order valence-corrected chi connectivity index (χ2v) is 16.6. The van der Waals surface area contributed by atoms with Crippen LogP contribution < -0.4 is 0 Å². The van der Waals surface area contributed by atoms with Crippen molar-refractivity contribution >= 4 is 19.8 Å². The van der Waals surface area contributed by atoms with Crippen LogP contribution in [0, 0.1) is 0 Å². The van der Waals surface area contributed by atoms with Crippen LogP contribution in [0.15, 0.2) is 12.2 Å². The van der Waals surface area contributed by atoms with Gasteiger partial charge in [-0.1, -0.05) is 148 Å². The third-order valence-electron chi connectivity index (χ3n) is 10.1. The molecule has 0 radical (unpaired) electrons. The molecule has 1 aliphatic carbocycles. The van der Waals surface area contributed by atoms with Crippen molar-refractivity contribution in [2.45, 2.75) is 224 Å². The van der Waals surface area contributed by atoms with E-state index in [1.165, 1.54) is 77.0 Å². The van der Waals surface area contributed by atoms with Gasteiger partial charge in [0.2, 0.25) is 0 Å². The van der Waals surface area contributed by atoms with Crippen LogP contribution in [-0.2, 0) is 32.7 Å². The van der Waals surface area contributed by atoms with Gasteiger partial charge < -0.3 is 39.9 Å². The molecule has 1 aliphatic rings. The van der Waals surface area contributed by atoms with E-state index in [9.17, 15) is 44.6 Å². The molecule has 6 N–H and O–H groups in total. The van der Waals surface area contributed by atoms with Crippen molar-refractivity contribution < 1.29 is 63.1 Å². The van der Waals surface area contributed by atoms with E-state index in [-0.39, 0.29) is 12.8 Å². The minimum atomic E-state index is -5.11. The van der Waals surface area contributed by atoms with Crippen molar-refractivity contribution in [1.29, 1.82) is 0 Å². The van der Waals surface area contributed by atoms with Gasteiger partial charge in [0.15, 0.2) is 6.10 Å². The summed E-state index contributed by atoms with van der Waals surface area (Å²) in [6.45, 7) is 3.22. The summed E-state index contributed by atoms with van der Waals surface area (Å²) in [4.78, 5) is 35.5. The highest BCUT2D eigenvalue weighted by molar-refractivity contribution is 7.47. The van der Waals surface area contributed by atoms with E-state index in [0.29, 0.717) is 12.8 Å². The fraction of sp³-hybridized carbons (Fsp3) is 0.902. The van der Waals surface area contributed by atoms with E-state index in [1.54, 1.807) is 0 Å². The average molecular weight is 809 g/mol. The molecule has 0 aromatic carbocycles. The first kappa shape index (κ1) is 51.6. The topological polar surface area (TPSA) is 210 Å². The Morgan fingerprint density at radius 3 is 1.45 bits per heavy atom. The van der Waals surface area contributed by atoms with E-state index in [0.717, 1.165) is 64.2 Å². The van der Waals surface area contributed by atoms with Crippen molar-refractivity contribution in [3.63, 3.8) is 0 Å². The maximum Gasteiger partial charge on any atom is 0.472 e. The van der Waals surface area contributed by atoms with Gasteiger partial charge in [0.25, 0.3) is 0 Å². The van der Waals surface area contributed by atoms with Crippen LogP contribution in [0.5, 0.6) is 0 Å². The summed E-state index contributed by atoms with van der Waals surface area (Å²) < 4.78 is 33.4. The molecule has 1 saturated carbocycles. The van der Waals surface area contributed by atoms with Crippen LogP contribution in [0.25, 0.3) is 0 Å². The molecule has 0 spiro atoms. The molecule has 13 nitrogen and oxygen atoms in total. The van der Waals surface area contributed by atoms with Crippen LogP contribution in [0.4, 0.5) is 0 Å². The molecule has 6 unspecified atom stereocenters. The Labute approximate surface area is 331 Å². The Morgan fingerprint density at radius 2 is 0.964 bits per heavy atom. The molecule has 14 heteroatoms. The predicted octanol–water partition coefficient (Wildman–Crippen LogP) is 7.50. The number of aliphatic hydroxyl groups excluding tert-OH is 5. The number of unbranched alkanes of at least 4 members (excludes halogenated alkanes) is 21. The van der Waals surface area contributed by atoms with E-state index in [4.69, 9.17) is 18.5 Å². The monoisotopic (exact) mass is 809 g/mol. The van der Waals surface area contributed by atoms with Gasteiger partial charge in [-0.2, -0.15) is 0 Å². The second-order valence-electron chi connectivity index (χ2n) is 15.2. The van der Waals surface area contributed by atoms with Gasteiger partial charge in [0.05, 0.1) is 6.61 Å². The Bertz CT molecular complexity index is 1030. The van der Waals surface area contributed by atoms with Gasteiger partial charge in [0.1, 0.15) is 43.2 Å². The van der Waals surface area contributed by atoms with E-state index in [1.807, 2.05) is 0 Å². The highest BCUT2D eigenvalue weighted by atomic mass is 31.2. The third-order valence-corrected chi connectivity index (χ3v) is 11.1. The maximum absolute atomic E-state index is 12.8. The lowest BCUT2D eigenvalue weighted by Crippen LogP contribution is -2.64. The molecule has 0 amide bonds. The number of rotatable bonds is 35. The molecule has 0 aromatic rings. The molecule has 1 fully saturated rings. The molecule has 55 heavy (non-hydrogen) atoms. The molecular weight excluding hydrogens is 731 g/mol. The lowest BCUT2D eigenvalue weighted by atomic mass is 9.85. The Balaban J connectivity index is 2.46. The molecule has 0 saturated heterocycles. The quantitative estimate of drug-likeness (QED) is 0.0159. The van der Waals surface area contributed by atoms with Crippen molar-refractivity contribution in [3.05, 3.63) is 12.2 Å². The molecule has 0 bridgehead atoms. The van der Waals surface area contributed by atoms with Gasteiger partial charge in [-0.25, -0.2) is 4.57 Å². The van der Waals surface area contributed by atoms with Gasteiger partial charge in [-0.3, -0.25) is 18.6 Å². The number of carbonyl (C=O) groups is 2. The van der Waals surface area contributed by atoms with Crippen LogP contribution in [0.2, 0.25) is 0 Å². The van der Waals surface area contributed by atoms with Crippen LogP contribution in [-0.4, -0.2) is 98.3 Å². The molecule has 0 heterocycles. The molecule has 324 valence electrons. The van der Waals surface area contributed by atoms with Crippen LogP contribution in [0.1, 0.15) is 181 Å². The Hall–Kier alpha value is -1.41. The third kappa shape index (κ3) is 25.5. The van der Waals surface area contributed by atoms with Crippen molar-refractivity contribution in [3.8, 4) is 0 Å². The second kappa shape index (κ2) is 32.5. The zero-order valence-corrected chi connectivity index (χ0v) is 34.9. The van der Waals surface area contributed by atoms with Gasteiger partial charge in [-0.05, 0) is 32.1 Å². The summed E-state index contributed by atoms with van der Waals surface area (Å²) in [6, 6.07) is 0. The number of carbonyl (C=O) groups excluding carboxylic acids is 2. The fourth-order valence-corrected chi connectivity index (χ4v) is 7.56. The Morgan fingerprint density at radius 1 is 0.545 bits per heavy atom. The maximum atomic E-state index is 12.8. The van der Waals surface area contributed by atoms with Crippen molar-refractivity contribution in [1.82, 2.24) is 0 Å². The molecule has 0 aliphatic heterocycles. The van der Waals surface area contributed by atoms with Crippen LogP contribution in [0.3, 0.4) is 0 Å². The first-order valence-electron chi connectivity index (χ1n) is 21.5. The molecule has 0 aromatic heterocycles. The summed E-state index contributed by atoms with van der Waals surface area (Å²) in [5.74, 6) is -1.11. The number of ether oxygens (including phenoxy) is 2. The number of esters is 2. The van der Waals surface area contributed by atoms with E-state index < -0.39 is 75.7 Å². The summed E-state index contributed by atoms with van der Waals surface area (Å²) >= 11 is 0. The first-order chi connectivity index (χ1) is 26.4. The number of hydrogen-bond donors (Lipinski definition) is 6. The van der Waals surface area contributed by atoms with Gasteiger partial charge in [-0.15, -0.1) is 0 Å². The molecular formula is C41H77O13P. The minimum Gasteiger partial charge on any atom is -0.462 e. The summed E-state index contributed by atoms with van der Waals surface area (Å²) in [5.41, 5.74) is 0. The zero-order chi connectivity index (χ0) is 40.7. The number of allylic oxidation sites excluding steroid dienone is 2. The van der Waals surface area contributed by atoms with Gasteiger partial charge >= 0.3 is 19.8 Å². The Kier molecular flexibility index (Phi) is 30.5. The van der Waals surface area contributed by atoms with Crippen molar-refractivity contribution in [2.24, 2.45) is 0 Å². The van der Waals surface area contributed by atoms with Gasteiger partial charge in [0, 0.05) is 12.8 Å². The highest BCUT2D eigenvalue weighted by Crippen LogP contribution is 2.47. The number of phosphoric acid groups is 1. The van der Waals surface area contributed by atoms with E-state index >= 15 is 0 Å². The van der Waals surface area contributed by atoms with Crippen LogP contribution >= 0.6 is 7.82 Å². The number of phosphoric ester groups is 1. The average Bonchev–Trinajstić information content (AvgIpc) is 3.16. The summed E-state index contributed by atoms with van der Waals surface area (Å²) in [6.07, 6.45) is 18.6. The smallest absolute Gasteiger partial charge is 0.462 e. The largest absolute Gasteiger partial charge is 0.472 e. The van der Waals surface area contributed by atoms with E-state index in [2.05, 4.69) is 26.0 Å². The zero-order valence-electron chi connectivity index (χ0n) is 34.0. The highest BCUT2D eigenvalue weighted by Gasteiger charge is 2.51. The number of aliphatic hydroxyl groups is 5. The molecule has 6 atom stereocenters. The molecule has 1 rings (SSSR count). The predicted molar refractivity (Wildman–Crippen MR) is 212 cm³/mol. The van der Waals surface area contributed by atoms with Crippen molar-refractivity contribution in [2.75, 3.05) is 13.2 Å². The normalized spacial score (nSPS) is 23.1. The summed E-state index contributed by atoms with van der Waals surface area (Å²) in [7, 11) is -5.11. The first-order valence-corrected chi connectivity index (χ1v) is 23.0. The number of hydrogen-bond acceptors (Lipinski definition) is 12. The fourth-order valence-electron chi connectivity index (χ4n) is 6.58.